The van der Waals surface area contributed by atoms with Gasteiger partial charge in [-0.05, 0) is 24.3 Å². The zero-order chi connectivity index (χ0) is 16.2. The smallest absolute Gasteiger partial charge is 0.417 e. The van der Waals surface area contributed by atoms with Gasteiger partial charge in [-0.2, -0.15) is 0 Å². The van der Waals surface area contributed by atoms with Gasteiger partial charge >= 0.3 is 6.09 Å². The van der Waals surface area contributed by atoms with E-state index in [-0.39, 0.29) is 0 Å². The van der Waals surface area contributed by atoms with E-state index >= 15 is 0 Å². The van der Waals surface area contributed by atoms with E-state index in [9.17, 15) is 4.79 Å². The maximum atomic E-state index is 12.1. The minimum Gasteiger partial charge on any atom is -0.497 e. The summed E-state index contributed by atoms with van der Waals surface area (Å²) in [5.41, 5.74) is 0.995. The standard InChI is InChI=1S/C17H15NO5/c1-20-12-6-7-13(15(10-12)21-2)18-17(19)23-14-5-3-4-11-8-9-22-16(11)14/h3-10H,1-2H3,(H,18,19). The van der Waals surface area contributed by atoms with E-state index in [1.807, 2.05) is 6.07 Å². The number of ether oxygens (including phenoxy) is 3. The second kappa shape index (κ2) is 6.31. The summed E-state index contributed by atoms with van der Waals surface area (Å²) >= 11 is 0. The van der Waals surface area contributed by atoms with Crippen molar-refractivity contribution in [2.45, 2.75) is 0 Å². The highest BCUT2D eigenvalue weighted by Gasteiger charge is 2.13. The number of anilines is 1. The van der Waals surface area contributed by atoms with E-state index in [4.69, 9.17) is 18.6 Å². The maximum absolute atomic E-state index is 12.1. The summed E-state index contributed by atoms with van der Waals surface area (Å²) in [5, 5.41) is 3.49. The number of benzene rings is 2. The van der Waals surface area contributed by atoms with E-state index in [2.05, 4.69) is 5.32 Å². The average Bonchev–Trinajstić information content (AvgIpc) is 3.05. The Morgan fingerprint density at radius 2 is 1.91 bits per heavy atom. The van der Waals surface area contributed by atoms with Crippen molar-refractivity contribution in [1.29, 1.82) is 0 Å². The Hall–Kier alpha value is -3.15. The Morgan fingerprint density at radius 3 is 2.70 bits per heavy atom. The fourth-order valence-corrected chi connectivity index (χ4v) is 2.18. The van der Waals surface area contributed by atoms with Crippen LogP contribution in [0.5, 0.6) is 17.2 Å². The Labute approximate surface area is 132 Å². The van der Waals surface area contributed by atoms with E-state index in [0.29, 0.717) is 28.5 Å². The van der Waals surface area contributed by atoms with Crippen LogP contribution in [0.15, 0.2) is 53.1 Å². The van der Waals surface area contributed by atoms with Crippen LogP contribution in [-0.4, -0.2) is 20.3 Å². The lowest BCUT2D eigenvalue weighted by Crippen LogP contribution is -2.17. The highest BCUT2D eigenvalue weighted by molar-refractivity contribution is 5.91. The molecule has 1 N–H and O–H groups in total. The Bertz CT molecular complexity index is 840. The van der Waals surface area contributed by atoms with E-state index in [0.717, 1.165) is 5.39 Å². The van der Waals surface area contributed by atoms with Crippen molar-refractivity contribution in [3.8, 4) is 17.2 Å². The molecule has 3 rings (SSSR count). The molecule has 0 unspecified atom stereocenters. The van der Waals surface area contributed by atoms with E-state index < -0.39 is 6.09 Å². The van der Waals surface area contributed by atoms with Gasteiger partial charge in [0.25, 0.3) is 0 Å². The molecule has 23 heavy (non-hydrogen) atoms. The predicted octanol–water partition coefficient (Wildman–Crippen LogP) is 4.06. The predicted molar refractivity (Wildman–Crippen MR) is 85.4 cm³/mol. The van der Waals surface area contributed by atoms with Gasteiger partial charge in [-0.25, -0.2) is 4.79 Å². The molecule has 118 valence electrons. The molecule has 3 aromatic rings. The van der Waals surface area contributed by atoms with E-state index in [1.165, 1.54) is 7.11 Å². The lowest BCUT2D eigenvalue weighted by molar-refractivity contribution is 0.215. The number of nitrogens with one attached hydrogen (secondary N) is 1. The molecule has 0 aliphatic rings. The Morgan fingerprint density at radius 1 is 1.04 bits per heavy atom. The van der Waals surface area contributed by atoms with Crippen molar-refractivity contribution in [3.05, 3.63) is 48.7 Å². The van der Waals surface area contributed by atoms with Crippen molar-refractivity contribution in [3.63, 3.8) is 0 Å². The summed E-state index contributed by atoms with van der Waals surface area (Å²) in [4.78, 5) is 12.1. The van der Waals surface area contributed by atoms with Gasteiger partial charge in [-0.15, -0.1) is 0 Å². The van der Waals surface area contributed by atoms with Crippen molar-refractivity contribution >= 4 is 22.7 Å². The summed E-state index contributed by atoms with van der Waals surface area (Å²) in [6, 6.07) is 12.2. The summed E-state index contributed by atoms with van der Waals surface area (Å²) < 4.78 is 21.0. The molecule has 0 spiro atoms. The largest absolute Gasteiger partial charge is 0.497 e. The number of para-hydroxylation sites is 1. The third-order valence-corrected chi connectivity index (χ3v) is 3.29. The molecule has 0 atom stereocenters. The molecule has 0 saturated heterocycles. The van der Waals surface area contributed by atoms with Gasteiger partial charge in [-0.1, -0.05) is 12.1 Å². The van der Waals surface area contributed by atoms with Crippen LogP contribution in [0.4, 0.5) is 10.5 Å². The summed E-state index contributed by atoms with van der Waals surface area (Å²) in [6.07, 6.45) is 0.902. The van der Waals surface area contributed by atoms with Crippen LogP contribution >= 0.6 is 0 Å². The second-order valence-electron chi connectivity index (χ2n) is 4.68. The SMILES string of the molecule is COc1ccc(NC(=O)Oc2cccc3ccoc23)c(OC)c1. The monoisotopic (exact) mass is 313 g/mol. The Balaban J connectivity index is 1.78. The zero-order valence-corrected chi connectivity index (χ0v) is 12.7. The van der Waals surface area contributed by atoms with Crippen LogP contribution in [-0.2, 0) is 0 Å². The molecule has 6 heteroatoms. The molecule has 0 aliphatic carbocycles. The van der Waals surface area contributed by atoms with Gasteiger partial charge in [0, 0.05) is 11.5 Å². The fraction of sp³-hybridized carbons (Fsp3) is 0.118. The highest BCUT2D eigenvalue weighted by Crippen LogP contribution is 2.30. The molecular weight excluding hydrogens is 298 g/mol. The van der Waals surface area contributed by atoms with Crippen LogP contribution in [0.25, 0.3) is 11.0 Å². The van der Waals surface area contributed by atoms with Gasteiger partial charge in [0.15, 0.2) is 11.3 Å². The number of hydrogen-bond donors (Lipinski definition) is 1. The molecule has 0 radical (unpaired) electrons. The average molecular weight is 313 g/mol. The minimum atomic E-state index is -0.641. The molecule has 1 amide bonds. The highest BCUT2D eigenvalue weighted by atomic mass is 16.6. The normalized spacial score (nSPS) is 10.3. The van der Waals surface area contributed by atoms with Crippen LogP contribution in [0.1, 0.15) is 0 Å². The summed E-state index contributed by atoms with van der Waals surface area (Å²) in [7, 11) is 3.06. The van der Waals surface area contributed by atoms with Crippen molar-refractivity contribution in [1.82, 2.24) is 0 Å². The number of carbonyl (C=O) groups excluding carboxylic acids is 1. The number of amides is 1. The van der Waals surface area contributed by atoms with Gasteiger partial charge in [-0.3, -0.25) is 5.32 Å². The first kappa shape index (κ1) is 14.8. The molecule has 6 nitrogen and oxygen atoms in total. The van der Waals surface area contributed by atoms with Crippen LogP contribution < -0.4 is 19.5 Å². The lowest BCUT2D eigenvalue weighted by Gasteiger charge is -2.11. The van der Waals surface area contributed by atoms with Gasteiger partial charge in [0.05, 0.1) is 26.2 Å². The van der Waals surface area contributed by atoms with Crippen molar-refractivity contribution in [2.24, 2.45) is 0 Å². The zero-order valence-electron chi connectivity index (χ0n) is 12.7. The minimum absolute atomic E-state index is 0.345. The third-order valence-electron chi connectivity index (χ3n) is 3.29. The topological polar surface area (TPSA) is 69.9 Å². The number of hydrogen-bond acceptors (Lipinski definition) is 5. The molecule has 1 heterocycles. The van der Waals surface area contributed by atoms with Crippen LogP contribution in [0.2, 0.25) is 0 Å². The third kappa shape index (κ3) is 3.06. The quantitative estimate of drug-likeness (QED) is 0.786. The molecule has 0 aliphatic heterocycles. The first-order chi connectivity index (χ1) is 11.2. The molecular formula is C17H15NO5. The molecule has 0 fully saturated rings. The number of methoxy groups -OCH3 is 2. The molecule has 1 aromatic heterocycles. The van der Waals surface area contributed by atoms with Gasteiger partial charge in [0.2, 0.25) is 0 Å². The Kier molecular flexibility index (Phi) is 4.05. The van der Waals surface area contributed by atoms with E-state index in [1.54, 1.807) is 49.8 Å². The number of rotatable bonds is 4. The summed E-state index contributed by atoms with van der Waals surface area (Å²) in [6.45, 7) is 0. The first-order valence-electron chi connectivity index (χ1n) is 6.88. The second-order valence-corrected chi connectivity index (χ2v) is 4.68. The fourth-order valence-electron chi connectivity index (χ4n) is 2.18. The van der Waals surface area contributed by atoms with Crippen molar-refractivity contribution < 1.29 is 23.4 Å². The lowest BCUT2D eigenvalue weighted by atomic mass is 10.2. The maximum Gasteiger partial charge on any atom is 0.417 e. The first-order valence-corrected chi connectivity index (χ1v) is 6.88. The van der Waals surface area contributed by atoms with Crippen molar-refractivity contribution in [2.75, 3.05) is 19.5 Å². The number of furan rings is 1. The molecule has 0 saturated carbocycles. The number of fused-ring (bicyclic) bond motifs is 1. The van der Waals surface area contributed by atoms with Crippen LogP contribution in [0.3, 0.4) is 0 Å². The van der Waals surface area contributed by atoms with Crippen LogP contribution in [0, 0.1) is 0 Å². The number of carbonyl (C=O) groups is 1. The van der Waals surface area contributed by atoms with Gasteiger partial charge in [0.1, 0.15) is 11.5 Å². The van der Waals surface area contributed by atoms with Gasteiger partial charge < -0.3 is 18.6 Å². The molecule has 2 aromatic carbocycles. The molecule has 0 bridgehead atoms. The summed E-state index contributed by atoms with van der Waals surface area (Å²) in [5.74, 6) is 1.44.